The summed E-state index contributed by atoms with van der Waals surface area (Å²) in [5, 5.41) is 2.61. The van der Waals surface area contributed by atoms with E-state index in [1.165, 1.54) is 18.2 Å². The first-order valence-electron chi connectivity index (χ1n) is 4.95. The summed E-state index contributed by atoms with van der Waals surface area (Å²) in [6.07, 6.45) is 0. The number of amides is 1. The minimum Gasteiger partial charge on any atom is -0.393 e. The maximum atomic E-state index is 13.4. The molecule has 0 radical (unpaired) electrons. The van der Waals surface area contributed by atoms with Crippen LogP contribution in [-0.2, 0) is 0 Å². The van der Waals surface area contributed by atoms with Gasteiger partial charge in [-0.2, -0.15) is 0 Å². The summed E-state index contributed by atoms with van der Waals surface area (Å²) in [5.41, 5.74) is 5.24. The maximum absolute atomic E-state index is 13.4. The second kappa shape index (κ2) is 5.93. The van der Waals surface area contributed by atoms with Crippen LogP contribution in [0.4, 0.5) is 4.39 Å². The van der Waals surface area contributed by atoms with Crippen molar-refractivity contribution in [3.63, 3.8) is 0 Å². The summed E-state index contributed by atoms with van der Waals surface area (Å²) in [6.45, 7) is 2.02. The Balaban J connectivity index is 2.74. The summed E-state index contributed by atoms with van der Waals surface area (Å²) >= 11 is 10.5. The lowest BCUT2D eigenvalue weighted by molar-refractivity contribution is 0.0947. The molecular formula is C11H12ClFN2OS. The molecule has 1 aromatic carbocycles. The topological polar surface area (TPSA) is 55.1 Å². The number of nitrogens with two attached hydrogens (primary N) is 1. The van der Waals surface area contributed by atoms with Gasteiger partial charge in [-0.15, -0.1) is 0 Å². The van der Waals surface area contributed by atoms with Gasteiger partial charge in [-0.05, 0) is 12.1 Å². The van der Waals surface area contributed by atoms with E-state index in [-0.39, 0.29) is 23.0 Å². The fourth-order valence-electron chi connectivity index (χ4n) is 1.15. The molecule has 6 heteroatoms. The van der Waals surface area contributed by atoms with Crippen LogP contribution in [0.25, 0.3) is 0 Å². The van der Waals surface area contributed by atoms with E-state index in [0.717, 1.165) is 0 Å². The van der Waals surface area contributed by atoms with Crippen LogP contribution in [0, 0.1) is 11.7 Å². The van der Waals surface area contributed by atoms with Crippen LogP contribution in [0.1, 0.15) is 17.3 Å². The molecule has 92 valence electrons. The Hall–Kier alpha value is -1.20. The number of carbonyl (C=O) groups is 1. The highest BCUT2D eigenvalue weighted by molar-refractivity contribution is 7.80. The number of carbonyl (C=O) groups excluding carboxylic acids is 1. The Labute approximate surface area is 109 Å². The van der Waals surface area contributed by atoms with Crippen LogP contribution in [0.3, 0.4) is 0 Å². The van der Waals surface area contributed by atoms with E-state index in [4.69, 9.17) is 29.6 Å². The van der Waals surface area contributed by atoms with Gasteiger partial charge < -0.3 is 11.1 Å². The smallest absolute Gasteiger partial charge is 0.255 e. The highest BCUT2D eigenvalue weighted by Crippen LogP contribution is 2.18. The molecule has 0 fully saturated rings. The highest BCUT2D eigenvalue weighted by atomic mass is 35.5. The van der Waals surface area contributed by atoms with Crippen LogP contribution in [0.5, 0.6) is 0 Å². The van der Waals surface area contributed by atoms with Gasteiger partial charge in [0.25, 0.3) is 5.91 Å². The molecule has 0 aliphatic heterocycles. The van der Waals surface area contributed by atoms with Crippen molar-refractivity contribution in [3.05, 3.63) is 34.6 Å². The molecule has 0 aliphatic carbocycles. The van der Waals surface area contributed by atoms with Gasteiger partial charge in [-0.3, -0.25) is 4.79 Å². The van der Waals surface area contributed by atoms with E-state index >= 15 is 0 Å². The van der Waals surface area contributed by atoms with Gasteiger partial charge in [0.2, 0.25) is 0 Å². The van der Waals surface area contributed by atoms with Crippen LogP contribution in [0.2, 0.25) is 5.02 Å². The number of benzene rings is 1. The predicted molar refractivity (Wildman–Crippen MR) is 69.7 cm³/mol. The average molecular weight is 275 g/mol. The van der Waals surface area contributed by atoms with E-state index in [9.17, 15) is 9.18 Å². The molecular weight excluding hydrogens is 263 g/mol. The molecule has 3 N–H and O–H groups in total. The molecule has 0 aliphatic rings. The molecule has 0 saturated heterocycles. The fourth-order valence-corrected chi connectivity index (χ4v) is 1.48. The minimum absolute atomic E-state index is 0.0745. The van der Waals surface area contributed by atoms with E-state index in [2.05, 4.69) is 5.32 Å². The van der Waals surface area contributed by atoms with Crippen LogP contribution >= 0.6 is 23.8 Å². The number of nitrogens with one attached hydrogen (secondary N) is 1. The van der Waals surface area contributed by atoms with E-state index in [1.54, 1.807) is 6.92 Å². The first-order chi connectivity index (χ1) is 7.93. The molecule has 3 nitrogen and oxygen atoms in total. The second-order valence-electron chi connectivity index (χ2n) is 3.61. The monoisotopic (exact) mass is 274 g/mol. The SMILES string of the molecule is CC(CNC(=O)c1c(F)cccc1Cl)C(N)=S. The van der Waals surface area contributed by atoms with E-state index in [1.807, 2.05) is 0 Å². The van der Waals surface area contributed by atoms with Crippen molar-refractivity contribution >= 4 is 34.7 Å². The van der Waals surface area contributed by atoms with Gasteiger partial charge in [0, 0.05) is 12.5 Å². The first kappa shape index (κ1) is 13.9. The third-order valence-electron chi connectivity index (χ3n) is 2.24. The summed E-state index contributed by atoms with van der Waals surface area (Å²) in [4.78, 5) is 12.0. The molecule has 0 spiro atoms. The molecule has 1 amide bonds. The number of hydrogen-bond acceptors (Lipinski definition) is 2. The summed E-state index contributed by atoms with van der Waals surface area (Å²) in [6, 6.07) is 4.07. The lowest BCUT2D eigenvalue weighted by atomic mass is 10.1. The molecule has 0 aromatic heterocycles. The van der Waals surface area contributed by atoms with Crippen LogP contribution < -0.4 is 11.1 Å². The van der Waals surface area contributed by atoms with E-state index in [0.29, 0.717) is 4.99 Å². The molecule has 1 unspecified atom stereocenters. The molecule has 0 bridgehead atoms. The summed E-state index contributed by atoms with van der Waals surface area (Å²) in [7, 11) is 0. The zero-order valence-corrected chi connectivity index (χ0v) is 10.7. The number of hydrogen-bond donors (Lipinski definition) is 2. The largest absolute Gasteiger partial charge is 0.393 e. The Morgan fingerprint density at radius 1 is 1.65 bits per heavy atom. The summed E-state index contributed by atoms with van der Waals surface area (Å²) in [5.74, 6) is -1.38. The van der Waals surface area contributed by atoms with Crippen molar-refractivity contribution in [2.24, 2.45) is 11.7 Å². The molecule has 17 heavy (non-hydrogen) atoms. The van der Waals surface area contributed by atoms with Crippen molar-refractivity contribution in [2.75, 3.05) is 6.54 Å². The Morgan fingerprint density at radius 3 is 2.82 bits per heavy atom. The highest BCUT2D eigenvalue weighted by Gasteiger charge is 2.16. The number of rotatable bonds is 4. The van der Waals surface area contributed by atoms with E-state index < -0.39 is 11.7 Å². The van der Waals surface area contributed by atoms with Crippen LogP contribution in [-0.4, -0.2) is 17.4 Å². The lowest BCUT2D eigenvalue weighted by Gasteiger charge is -2.11. The lowest BCUT2D eigenvalue weighted by Crippen LogP contribution is -2.34. The van der Waals surface area contributed by atoms with Crippen molar-refractivity contribution in [1.82, 2.24) is 5.32 Å². The normalized spacial score (nSPS) is 11.9. The van der Waals surface area contributed by atoms with Crippen LogP contribution in [0.15, 0.2) is 18.2 Å². The molecule has 1 atom stereocenters. The third-order valence-corrected chi connectivity index (χ3v) is 2.96. The Bertz CT molecular complexity index is 433. The molecule has 1 rings (SSSR count). The predicted octanol–water partition coefficient (Wildman–Crippen LogP) is 2.13. The van der Waals surface area contributed by atoms with Crippen molar-refractivity contribution in [3.8, 4) is 0 Å². The summed E-state index contributed by atoms with van der Waals surface area (Å²) < 4.78 is 13.4. The maximum Gasteiger partial charge on any atom is 0.255 e. The first-order valence-corrected chi connectivity index (χ1v) is 5.73. The molecule has 1 aromatic rings. The van der Waals surface area contributed by atoms with Gasteiger partial charge in [-0.25, -0.2) is 4.39 Å². The van der Waals surface area contributed by atoms with Gasteiger partial charge >= 0.3 is 0 Å². The van der Waals surface area contributed by atoms with Crippen molar-refractivity contribution in [2.45, 2.75) is 6.92 Å². The van der Waals surface area contributed by atoms with Gasteiger partial charge in [0.1, 0.15) is 5.82 Å². The van der Waals surface area contributed by atoms with Gasteiger partial charge in [0.05, 0.1) is 15.6 Å². The number of halogens is 2. The van der Waals surface area contributed by atoms with Gasteiger partial charge in [0.15, 0.2) is 0 Å². The minimum atomic E-state index is -0.655. The zero-order valence-electron chi connectivity index (χ0n) is 9.17. The molecule has 0 saturated carbocycles. The van der Waals surface area contributed by atoms with Gasteiger partial charge in [-0.1, -0.05) is 36.8 Å². The Kier molecular flexibility index (Phi) is 4.84. The standard InChI is InChI=1S/C11H12ClFN2OS/c1-6(10(14)17)5-15-11(16)9-7(12)3-2-4-8(9)13/h2-4,6H,5H2,1H3,(H2,14,17)(H,15,16). The molecule has 0 heterocycles. The third kappa shape index (κ3) is 3.64. The fraction of sp³-hybridized carbons (Fsp3) is 0.273. The van der Waals surface area contributed by atoms with Crippen molar-refractivity contribution < 1.29 is 9.18 Å². The quantitative estimate of drug-likeness (QED) is 0.827. The second-order valence-corrected chi connectivity index (χ2v) is 4.49. The van der Waals surface area contributed by atoms with Crippen molar-refractivity contribution in [1.29, 1.82) is 0 Å². The Morgan fingerprint density at radius 2 is 2.29 bits per heavy atom. The average Bonchev–Trinajstić information content (AvgIpc) is 2.25. The number of thiocarbonyl (C=S) groups is 1. The zero-order chi connectivity index (χ0) is 13.0.